The van der Waals surface area contributed by atoms with Crippen molar-refractivity contribution in [1.29, 1.82) is 0 Å². The number of rotatable bonds is 3. The van der Waals surface area contributed by atoms with Gasteiger partial charge in [-0.15, -0.1) is 0 Å². The van der Waals surface area contributed by atoms with Crippen molar-refractivity contribution in [3.05, 3.63) is 42.0 Å². The maximum Gasteiger partial charge on any atom is 0.0349 e. The van der Waals surface area contributed by atoms with Gasteiger partial charge in [0.25, 0.3) is 0 Å². The molecule has 0 saturated carbocycles. The van der Waals surface area contributed by atoms with Crippen LogP contribution in [0.1, 0.15) is 19.4 Å². The molecular weight excluding hydrogens is 158 g/mol. The summed E-state index contributed by atoms with van der Waals surface area (Å²) >= 11 is 0. The molecule has 2 N–H and O–H groups in total. The van der Waals surface area contributed by atoms with Crippen LogP contribution in [0.5, 0.6) is 0 Å². The molecule has 0 aliphatic rings. The Hall–Kier alpha value is -1.24. The predicted molar refractivity (Wildman–Crippen MR) is 58.5 cm³/mol. The molecule has 0 amide bonds. The second kappa shape index (κ2) is 4.70. The Morgan fingerprint density at radius 3 is 2.62 bits per heavy atom. The minimum absolute atomic E-state index is 0.616. The summed E-state index contributed by atoms with van der Waals surface area (Å²) < 4.78 is 0. The van der Waals surface area contributed by atoms with Gasteiger partial charge in [0.05, 0.1) is 0 Å². The molecule has 0 radical (unpaired) electrons. The molecule has 1 heteroatoms. The van der Waals surface area contributed by atoms with Gasteiger partial charge >= 0.3 is 0 Å². The van der Waals surface area contributed by atoms with Crippen LogP contribution in [0.2, 0.25) is 0 Å². The van der Waals surface area contributed by atoms with E-state index in [1.54, 1.807) is 0 Å². The van der Waals surface area contributed by atoms with Crippen LogP contribution in [-0.4, -0.2) is 0 Å². The quantitative estimate of drug-likeness (QED) is 0.554. The molecule has 0 atom stereocenters. The summed E-state index contributed by atoms with van der Waals surface area (Å²) in [5.74, 6) is 0.616. The van der Waals surface area contributed by atoms with Crippen LogP contribution in [0.4, 0.5) is 5.69 Å². The fourth-order valence-electron chi connectivity index (χ4n) is 1.19. The van der Waals surface area contributed by atoms with Crippen molar-refractivity contribution in [2.75, 3.05) is 5.73 Å². The van der Waals surface area contributed by atoms with E-state index in [1.165, 1.54) is 5.56 Å². The summed E-state index contributed by atoms with van der Waals surface area (Å²) in [6, 6.07) is 8.00. The molecule has 0 fully saturated rings. The third kappa shape index (κ3) is 3.32. The van der Waals surface area contributed by atoms with Crippen LogP contribution in [0, 0.1) is 5.92 Å². The molecular formula is C12H17N. The molecule has 70 valence electrons. The standard InChI is InChI=1S/C12H17N/c1-10(2)6-5-8-11-7-3-4-9-12(11)13/h3-7,9-10H,8,13H2,1-2H3/b6-5+. The zero-order chi connectivity index (χ0) is 9.68. The van der Waals surface area contributed by atoms with Crippen molar-refractivity contribution >= 4 is 5.69 Å². The molecule has 0 saturated heterocycles. The number of nitrogen functional groups attached to an aromatic ring is 1. The predicted octanol–water partition coefficient (Wildman–Crippen LogP) is 3.02. The summed E-state index contributed by atoms with van der Waals surface area (Å²) in [6.45, 7) is 4.34. The van der Waals surface area contributed by atoms with Crippen molar-refractivity contribution in [3.63, 3.8) is 0 Å². The zero-order valence-electron chi connectivity index (χ0n) is 8.33. The molecule has 1 rings (SSSR count). The summed E-state index contributed by atoms with van der Waals surface area (Å²) in [5, 5.41) is 0. The van der Waals surface area contributed by atoms with Crippen molar-refractivity contribution < 1.29 is 0 Å². The summed E-state index contributed by atoms with van der Waals surface area (Å²) in [6.07, 6.45) is 5.31. The Balaban J connectivity index is 2.59. The van der Waals surface area contributed by atoms with Crippen LogP contribution in [0.15, 0.2) is 36.4 Å². The van der Waals surface area contributed by atoms with Gasteiger partial charge in [-0.3, -0.25) is 0 Å². The second-order valence-corrected chi connectivity index (χ2v) is 3.58. The van der Waals surface area contributed by atoms with Gasteiger partial charge in [-0.1, -0.05) is 44.2 Å². The van der Waals surface area contributed by atoms with Gasteiger partial charge in [0.2, 0.25) is 0 Å². The van der Waals surface area contributed by atoms with E-state index in [1.807, 2.05) is 18.2 Å². The smallest absolute Gasteiger partial charge is 0.0349 e. The fourth-order valence-corrected chi connectivity index (χ4v) is 1.19. The van der Waals surface area contributed by atoms with E-state index in [0.717, 1.165) is 12.1 Å². The molecule has 1 nitrogen and oxygen atoms in total. The first-order chi connectivity index (χ1) is 6.20. The lowest BCUT2D eigenvalue weighted by molar-refractivity contribution is 0.827. The first-order valence-corrected chi connectivity index (χ1v) is 4.70. The van der Waals surface area contributed by atoms with Crippen molar-refractivity contribution in [2.45, 2.75) is 20.3 Å². The summed E-state index contributed by atoms with van der Waals surface area (Å²) in [5.41, 5.74) is 7.90. The third-order valence-corrected chi connectivity index (χ3v) is 1.91. The first kappa shape index (κ1) is 9.85. The summed E-state index contributed by atoms with van der Waals surface area (Å²) in [7, 11) is 0. The van der Waals surface area contributed by atoms with Gasteiger partial charge in [-0.05, 0) is 24.0 Å². The average molecular weight is 175 g/mol. The molecule has 0 bridgehead atoms. The van der Waals surface area contributed by atoms with Crippen molar-refractivity contribution in [2.24, 2.45) is 5.92 Å². The molecule has 0 unspecified atom stereocenters. The van der Waals surface area contributed by atoms with Gasteiger partial charge < -0.3 is 5.73 Å². The number of hydrogen-bond donors (Lipinski definition) is 1. The van der Waals surface area contributed by atoms with E-state index in [4.69, 9.17) is 5.73 Å². The van der Waals surface area contributed by atoms with Crippen LogP contribution in [0.3, 0.4) is 0 Å². The molecule has 0 aliphatic carbocycles. The van der Waals surface area contributed by atoms with Gasteiger partial charge in [0.15, 0.2) is 0 Å². The van der Waals surface area contributed by atoms with Gasteiger partial charge in [0, 0.05) is 5.69 Å². The maximum atomic E-state index is 5.80. The Morgan fingerprint density at radius 2 is 2.00 bits per heavy atom. The van der Waals surface area contributed by atoms with E-state index >= 15 is 0 Å². The Morgan fingerprint density at radius 1 is 1.31 bits per heavy atom. The Bertz CT molecular complexity index is 287. The van der Waals surface area contributed by atoms with Crippen molar-refractivity contribution in [1.82, 2.24) is 0 Å². The monoisotopic (exact) mass is 175 g/mol. The lowest BCUT2D eigenvalue weighted by Gasteiger charge is -2.01. The van der Waals surface area contributed by atoms with E-state index in [2.05, 4.69) is 32.1 Å². The van der Waals surface area contributed by atoms with E-state index in [9.17, 15) is 0 Å². The number of nitrogens with two attached hydrogens (primary N) is 1. The lowest BCUT2D eigenvalue weighted by Crippen LogP contribution is -1.92. The minimum atomic E-state index is 0.616. The Kier molecular flexibility index (Phi) is 3.56. The molecule has 1 aromatic carbocycles. The fraction of sp³-hybridized carbons (Fsp3) is 0.333. The van der Waals surface area contributed by atoms with Crippen LogP contribution >= 0.6 is 0 Å². The first-order valence-electron chi connectivity index (χ1n) is 4.70. The normalized spacial score (nSPS) is 11.3. The maximum absolute atomic E-state index is 5.80. The van der Waals surface area contributed by atoms with Crippen molar-refractivity contribution in [3.8, 4) is 0 Å². The van der Waals surface area contributed by atoms with Gasteiger partial charge in [-0.2, -0.15) is 0 Å². The average Bonchev–Trinajstić information content (AvgIpc) is 2.08. The number of allylic oxidation sites excluding steroid dienone is 2. The number of para-hydroxylation sites is 1. The molecule has 0 spiro atoms. The van der Waals surface area contributed by atoms with E-state index in [-0.39, 0.29) is 0 Å². The highest BCUT2D eigenvalue weighted by Crippen LogP contribution is 2.11. The van der Waals surface area contributed by atoms with Crippen LogP contribution < -0.4 is 5.73 Å². The highest BCUT2D eigenvalue weighted by molar-refractivity contribution is 5.47. The highest BCUT2D eigenvalue weighted by Gasteiger charge is 1.93. The van der Waals surface area contributed by atoms with Crippen LogP contribution in [-0.2, 0) is 6.42 Å². The van der Waals surface area contributed by atoms with E-state index in [0.29, 0.717) is 5.92 Å². The zero-order valence-corrected chi connectivity index (χ0v) is 8.33. The molecule has 13 heavy (non-hydrogen) atoms. The largest absolute Gasteiger partial charge is 0.398 e. The molecule has 1 aromatic rings. The molecule has 0 aliphatic heterocycles. The SMILES string of the molecule is CC(C)/C=C/Cc1ccccc1N. The van der Waals surface area contributed by atoms with Crippen LogP contribution in [0.25, 0.3) is 0 Å². The Labute approximate surface area is 80.3 Å². The lowest BCUT2D eigenvalue weighted by atomic mass is 10.1. The highest BCUT2D eigenvalue weighted by atomic mass is 14.5. The second-order valence-electron chi connectivity index (χ2n) is 3.58. The third-order valence-electron chi connectivity index (χ3n) is 1.91. The van der Waals surface area contributed by atoms with Gasteiger partial charge in [-0.25, -0.2) is 0 Å². The molecule has 0 aromatic heterocycles. The number of benzene rings is 1. The summed E-state index contributed by atoms with van der Waals surface area (Å²) in [4.78, 5) is 0. The molecule has 0 heterocycles. The van der Waals surface area contributed by atoms with Gasteiger partial charge in [0.1, 0.15) is 0 Å². The number of hydrogen-bond acceptors (Lipinski definition) is 1. The van der Waals surface area contributed by atoms with E-state index < -0.39 is 0 Å². The number of anilines is 1. The minimum Gasteiger partial charge on any atom is -0.398 e. The topological polar surface area (TPSA) is 26.0 Å².